The third-order valence-corrected chi connectivity index (χ3v) is 4.25. The molecule has 1 aromatic heterocycles. The number of pyridine rings is 1. The van der Waals surface area contributed by atoms with E-state index in [1.54, 1.807) is 11.1 Å². The van der Waals surface area contributed by atoms with Crippen LogP contribution in [0.5, 0.6) is 5.75 Å². The van der Waals surface area contributed by atoms with Crippen molar-refractivity contribution in [3.8, 4) is 5.75 Å². The van der Waals surface area contributed by atoms with Gasteiger partial charge >= 0.3 is 6.09 Å². The number of carbonyl (C=O) groups is 1. The van der Waals surface area contributed by atoms with Crippen LogP contribution in [0.15, 0.2) is 12.3 Å². The number of ether oxygens (including phenoxy) is 2. The summed E-state index contributed by atoms with van der Waals surface area (Å²) in [7, 11) is 0. The molecule has 3 heterocycles. The molecule has 3 rings (SSSR count). The number of hydrogen-bond acceptors (Lipinski definition) is 4. The van der Waals surface area contributed by atoms with Gasteiger partial charge in [0.05, 0.1) is 12.7 Å². The molecule has 1 aromatic rings. The summed E-state index contributed by atoms with van der Waals surface area (Å²) in [6, 6.07) is 1.92. The number of fused-ring (bicyclic) bond motifs is 1. The molecule has 0 bridgehead atoms. The second-order valence-electron chi connectivity index (χ2n) is 7.24. The molecule has 1 amide bonds. The lowest BCUT2D eigenvalue weighted by Crippen LogP contribution is -2.42. The summed E-state index contributed by atoms with van der Waals surface area (Å²) in [6.45, 7) is 8.16. The van der Waals surface area contributed by atoms with E-state index in [0.29, 0.717) is 11.7 Å². The van der Waals surface area contributed by atoms with Crippen molar-refractivity contribution in [2.75, 3.05) is 6.54 Å². The Morgan fingerprint density at radius 2 is 2.27 bits per heavy atom. The molecule has 0 aliphatic carbocycles. The van der Waals surface area contributed by atoms with E-state index in [9.17, 15) is 4.79 Å². The molecule has 120 valence electrons. The fourth-order valence-electron chi connectivity index (χ4n) is 3.25. The van der Waals surface area contributed by atoms with Crippen molar-refractivity contribution in [2.24, 2.45) is 0 Å². The molecule has 5 nitrogen and oxygen atoms in total. The monoisotopic (exact) mass is 324 g/mol. The van der Waals surface area contributed by atoms with E-state index in [-0.39, 0.29) is 17.7 Å². The summed E-state index contributed by atoms with van der Waals surface area (Å²) in [6.07, 6.45) is 2.90. The first-order chi connectivity index (χ1) is 10.2. The summed E-state index contributed by atoms with van der Waals surface area (Å²) in [5.74, 6) is 0.766. The van der Waals surface area contributed by atoms with Gasteiger partial charge in [-0.05, 0) is 33.8 Å². The zero-order valence-electron chi connectivity index (χ0n) is 13.4. The lowest BCUT2D eigenvalue weighted by Gasteiger charge is -2.27. The molecule has 1 spiro atoms. The van der Waals surface area contributed by atoms with Gasteiger partial charge in [0.1, 0.15) is 22.1 Å². The minimum atomic E-state index is -0.497. The van der Waals surface area contributed by atoms with Gasteiger partial charge in [-0.15, -0.1) is 0 Å². The first kappa shape index (κ1) is 15.4. The van der Waals surface area contributed by atoms with Gasteiger partial charge in [-0.2, -0.15) is 0 Å². The highest BCUT2D eigenvalue weighted by Gasteiger charge is 2.50. The molecule has 0 saturated carbocycles. The molecule has 2 atom stereocenters. The van der Waals surface area contributed by atoms with Gasteiger partial charge in [-0.1, -0.05) is 11.6 Å². The van der Waals surface area contributed by atoms with Crippen molar-refractivity contribution in [1.29, 1.82) is 0 Å². The maximum Gasteiger partial charge on any atom is 0.410 e. The number of likely N-dealkylation sites (tertiary alicyclic amines) is 1. The smallest absolute Gasteiger partial charge is 0.410 e. The van der Waals surface area contributed by atoms with Crippen LogP contribution in [0.3, 0.4) is 0 Å². The van der Waals surface area contributed by atoms with Crippen molar-refractivity contribution in [2.45, 2.75) is 57.8 Å². The third-order valence-electron chi connectivity index (χ3n) is 4.04. The number of amides is 1. The summed E-state index contributed by atoms with van der Waals surface area (Å²) in [5.41, 5.74) is 0.173. The lowest BCUT2D eigenvalue weighted by atomic mass is 9.95. The maximum absolute atomic E-state index is 12.4. The van der Waals surface area contributed by atoms with Crippen LogP contribution in [0.25, 0.3) is 0 Å². The molecule has 6 heteroatoms. The number of nitrogens with zero attached hydrogens (tertiary/aromatic N) is 2. The molecule has 0 N–H and O–H groups in total. The van der Waals surface area contributed by atoms with Gasteiger partial charge in [0.25, 0.3) is 0 Å². The van der Waals surface area contributed by atoms with E-state index < -0.39 is 5.60 Å². The lowest BCUT2D eigenvalue weighted by molar-refractivity contribution is 0.0191. The van der Waals surface area contributed by atoms with Gasteiger partial charge in [0.15, 0.2) is 0 Å². The van der Waals surface area contributed by atoms with Crippen LogP contribution < -0.4 is 4.74 Å². The van der Waals surface area contributed by atoms with Crippen LogP contribution in [0.2, 0.25) is 5.15 Å². The number of rotatable bonds is 0. The molecule has 1 saturated heterocycles. The fraction of sp³-hybridized carbons (Fsp3) is 0.625. The number of hydrogen-bond donors (Lipinski definition) is 0. The van der Waals surface area contributed by atoms with Crippen LogP contribution in [0.1, 0.15) is 39.7 Å². The molecule has 1 fully saturated rings. The SMILES string of the molecule is CC1CC2(Cc3cc(Cl)ncc3O2)CN1C(=O)OC(C)(C)C. The van der Waals surface area contributed by atoms with E-state index >= 15 is 0 Å². The Kier molecular flexibility index (Phi) is 3.51. The van der Waals surface area contributed by atoms with Crippen molar-refractivity contribution in [3.05, 3.63) is 23.0 Å². The second-order valence-corrected chi connectivity index (χ2v) is 7.63. The highest BCUT2D eigenvalue weighted by atomic mass is 35.5. The molecule has 2 aliphatic rings. The molecule has 22 heavy (non-hydrogen) atoms. The Bertz CT molecular complexity index is 614. The Morgan fingerprint density at radius 3 is 2.95 bits per heavy atom. The minimum Gasteiger partial charge on any atom is -0.483 e. The molecular formula is C16H21ClN2O3. The van der Waals surface area contributed by atoms with E-state index in [1.165, 1.54) is 0 Å². The van der Waals surface area contributed by atoms with Crippen LogP contribution >= 0.6 is 11.6 Å². The van der Waals surface area contributed by atoms with Crippen molar-refractivity contribution < 1.29 is 14.3 Å². The average Bonchev–Trinajstić information content (AvgIpc) is 2.86. The topological polar surface area (TPSA) is 51.7 Å². The number of halogens is 1. The van der Waals surface area contributed by atoms with Crippen molar-refractivity contribution >= 4 is 17.7 Å². The van der Waals surface area contributed by atoms with Crippen molar-refractivity contribution in [3.63, 3.8) is 0 Å². The number of aromatic nitrogens is 1. The second kappa shape index (κ2) is 5.01. The van der Waals surface area contributed by atoms with Crippen LogP contribution in [0.4, 0.5) is 4.79 Å². The fourth-order valence-corrected chi connectivity index (χ4v) is 3.43. The predicted molar refractivity (Wildman–Crippen MR) is 83.3 cm³/mol. The van der Waals surface area contributed by atoms with E-state index in [4.69, 9.17) is 21.1 Å². The minimum absolute atomic E-state index is 0.0765. The summed E-state index contributed by atoms with van der Waals surface area (Å²) in [4.78, 5) is 18.2. The van der Waals surface area contributed by atoms with Crippen LogP contribution in [-0.4, -0.2) is 39.8 Å². The van der Waals surface area contributed by atoms with Crippen molar-refractivity contribution in [1.82, 2.24) is 9.88 Å². The maximum atomic E-state index is 12.4. The van der Waals surface area contributed by atoms with Crippen LogP contribution in [-0.2, 0) is 11.2 Å². The molecule has 2 aliphatic heterocycles. The van der Waals surface area contributed by atoms with E-state index in [1.807, 2.05) is 33.8 Å². The highest BCUT2D eigenvalue weighted by Crippen LogP contribution is 2.43. The third kappa shape index (κ3) is 2.86. The Morgan fingerprint density at radius 1 is 1.55 bits per heavy atom. The molecular weight excluding hydrogens is 304 g/mol. The molecule has 0 aromatic carbocycles. The summed E-state index contributed by atoms with van der Waals surface area (Å²) >= 11 is 5.95. The van der Waals surface area contributed by atoms with E-state index in [0.717, 1.165) is 24.2 Å². The number of carbonyl (C=O) groups excluding carboxylic acids is 1. The largest absolute Gasteiger partial charge is 0.483 e. The Hall–Kier alpha value is -1.49. The predicted octanol–water partition coefficient (Wildman–Crippen LogP) is 3.44. The standard InChI is InChI=1S/C16H21ClN2O3/c1-10-6-16(9-19(10)14(20)22-15(2,3)4)7-11-5-13(17)18-8-12(11)21-16/h5,8,10H,6-7,9H2,1-4H3. The Labute approximate surface area is 135 Å². The molecule has 2 unspecified atom stereocenters. The van der Waals surface area contributed by atoms with Gasteiger partial charge in [0.2, 0.25) is 0 Å². The average molecular weight is 325 g/mol. The van der Waals surface area contributed by atoms with Gasteiger partial charge in [0, 0.05) is 24.4 Å². The van der Waals surface area contributed by atoms with Crippen LogP contribution in [0, 0.1) is 0 Å². The van der Waals surface area contributed by atoms with Gasteiger partial charge in [-0.3, -0.25) is 0 Å². The van der Waals surface area contributed by atoms with E-state index in [2.05, 4.69) is 4.98 Å². The summed E-state index contributed by atoms with van der Waals surface area (Å²) in [5, 5.41) is 0.467. The zero-order valence-corrected chi connectivity index (χ0v) is 14.1. The van der Waals surface area contributed by atoms with Gasteiger partial charge in [-0.25, -0.2) is 9.78 Å². The highest BCUT2D eigenvalue weighted by molar-refractivity contribution is 6.29. The summed E-state index contributed by atoms with van der Waals surface area (Å²) < 4.78 is 11.6. The quantitative estimate of drug-likeness (QED) is 0.686. The van der Waals surface area contributed by atoms with Gasteiger partial charge < -0.3 is 14.4 Å². The first-order valence-electron chi connectivity index (χ1n) is 7.51. The normalized spacial score (nSPS) is 27.0. The zero-order chi connectivity index (χ0) is 16.1. The molecule has 0 radical (unpaired) electrons. The first-order valence-corrected chi connectivity index (χ1v) is 7.88. The Balaban J connectivity index is 1.76.